The predicted octanol–water partition coefficient (Wildman–Crippen LogP) is 2.26. The molecule has 0 aromatic carbocycles. The van der Waals surface area contributed by atoms with E-state index in [0.717, 1.165) is 19.3 Å². The molecule has 0 aromatic rings. The van der Waals surface area contributed by atoms with Gasteiger partial charge >= 0.3 is 0 Å². The molecule has 0 saturated heterocycles. The van der Waals surface area contributed by atoms with Crippen LogP contribution in [0.1, 0.15) is 33.1 Å². The minimum Gasteiger partial charge on any atom is -0.252 e. The first-order chi connectivity index (χ1) is 4.31. The van der Waals surface area contributed by atoms with Gasteiger partial charge in [0.05, 0.1) is 6.10 Å². The molecule has 0 aliphatic rings. The third-order valence-electron chi connectivity index (χ3n) is 1.25. The summed E-state index contributed by atoms with van der Waals surface area (Å²) in [6, 6.07) is 0. The van der Waals surface area contributed by atoms with Gasteiger partial charge < -0.3 is 0 Å². The molecule has 0 aliphatic heterocycles. The molecule has 1 unspecified atom stereocenters. The summed E-state index contributed by atoms with van der Waals surface area (Å²) in [4.78, 5) is 4.08. The van der Waals surface area contributed by atoms with Gasteiger partial charge in [-0.1, -0.05) is 13.3 Å². The van der Waals surface area contributed by atoms with E-state index in [9.17, 15) is 0 Å². The van der Waals surface area contributed by atoms with Gasteiger partial charge in [-0.2, -0.15) is 0 Å². The van der Waals surface area contributed by atoms with Gasteiger partial charge in [0.25, 0.3) is 0 Å². The second-order valence-corrected chi connectivity index (χ2v) is 2.19. The minimum absolute atomic E-state index is 0.0206. The molecule has 0 aromatic heterocycles. The van der Waals surface area contributed by atoms with Crippen LogP contribution in [-0.4, -0.2) is 11.4 Å². The van der Waals surface area contributed by atoms with E-state index in [-0.39, 0.29) is 6.10 Å². The molecule has 0 fully saturated rings. The third kappa shape index (κ3) is 5.80. The summed E-state index contributed by atoms with van der Waals surface area (Å²) in [5.41, 5.74) is 0. The lowest BCUT2D eigenvalue weighted by Crippen LogP contribution is -2.03. The second kappa shape index (κ2) is 6.05. The van der Waals surface area contributed by atoms with Crippen LogP contribution in [0.2, 0.25) is 0 Å². The highest BCUT2D eigenvalue weighted by Gasteiger charge is 1.98. The van der Waals surface area contributed by atoms with Gasteiger partial charge in [0, 0.05) is 0 Å². The normalized spacial score (nSPS) is 13.7. The van der Waals surface area contributed by atoms with Crippen molar-refractivity contribution in [3.63, 3.8) is 0 Å². The Morgan fingerprint density at radius 2 is 2.33 bits per heavy atom. The van der Waals surface area contributed by atoms with Gasteiger partial charge in [0.1, 0.15) is 0 Å². The Labute approximate surface area is 56.8 Å². The first-order valence-electron chi connectivity index (χ1n) is 3.43. The predicted molar refractivity (Wildman–Crippen MR) is 37.0 cm³/mol. The van der Waals surface area contributed by atoms with Crippen LogP contribution in [0.25, 0.3) is 0 Å². The quantitative estimate of drug-likeness (QED) is 0.352. The Bertz CT molecular complexity index is 54.9. The van der Waals surface area contributed by atoms with Crippen LogP contribution in [0.5, 0.6) is 0 Å². The maximum absolute atomic E-state index is 8.12. The molecule has 2 nitrogen and oxygen atoms in total. The van der Waals surface area contributed by atoms with Crippen molar-refractivity contribution in [2.24, 2.45) is 0 Å². The zero-order chi connectivity index (χ0) is 7.11. The molecule has 0 amide bonds. The monoisotopic (exact) mass is 131 g/mol. The van der Waals surface area contributed by atoms with E-state index in [0.29, 0.717) is 0 Å². The Morgan fingerprint density at radius 3 is 2.78 bits per heavy atom. The lowest BCUT2D eigenvalue weighted by molar-refractivity contribution is -0.274. The van der Waals surface area contributed by atoms with Gasteiger partial charge in [-0.05, 0) is 26.2 Å². The van der Waals surface area contributed by atoms with Crippen LogP contribution in [0.4, 0.5) is 0 Å². The first-order valence-corrected chi connectivity index (χ1v) is 3.43. The summed E-state index contributed by atoms with van der Waals surface area (Å²) in [7, 11) is 0. The van der Waals surface area contributed by atoms with Crippen molar-refractivity contribution >= 4 is 0 Å². The van der Waals surface area contributed by atoms with Gasteiger partial charge in [0.2, 0.25) is 0 Å². The van der Waals surface area contributed by atoms with Crippen molar-refractivity contribution in [2.45, 2.75) is 39.2 Å². The van der Waals surface area contributed by atoms with Crippen LogP contribution >= 0.6 is 0 Å². The highest BCUT2D eigenvalue weighted by Crippen LogP contribution is 2.03. The zero-order valence-electron chi connectivity index (χ0n) is 6.13. The summed E-state index contributed by atoms with van der Waals surface area (Å²) >= 11 is 0. The van der Waals surface area contributed by atoms with E-state index in [4.69, 9.17) is 5.26 Å². The lowest BCUT2D eigenvalue weighted by Gasteiger charge is -2.04. The van der Waals surface area contributed by atoms with E-state index < -0.39 is 0 Å². The van der Waals surface area contributed by atoms with Gasteiger partial charge in [-0.25, -0.2) is 4.89 Å². The molecule has 1 atom stereocenters. The summed E-state index contributed by atoms with van der Waals surface area (Å²) in [5, 5.41) is 8.12. The first kappa shape index (κ1) is 8.92. The topological polar surface area (TPSA) is 29.5 Å². The molecule has 0 heterocycles. The van der Waals surface area contributed by atoms with E-state index in [1.165, 1.54) is 0 Å². The standard InChI is InChI=1S/C7H15O2/c1-3-4-5-6-7(2)9-8/h4,7-8H,3,5-6H2,1-2H3. The van der Waals surface area contributed by atoms with Crippen molar-refractivity contribution in [1.29, 1.82) is 0 Å². The molecule has 0 rings (SSSR count). The lowest BCUT2D eigenvalue weighted by atomic mass is 10.1. The summed E-state index contributed by atoms with van der Waals surface area (Å²) in [6.45, 7) is 3.95. The average Bonchev–Trinajstić information content (AvgIpc) is 1.89. The largest absolute Gasteiger partial charge is 0.252 e. The van der Waals surface area contributed by atoms with Crippen molar-refractivity contribution in [3.05, 3.63) is 6.42 Å². The summed E-state index contributed by atoms with van der Waals surface area (Å²) in [6.07, 6.45) is 5.18. The van der Waals surface area contributed by atoms with Crippen molar-refractivity contribution in [1.82, 2.24) is 0 Å². The van der Waals surface area contributed by atoms with Crippen LogP contribution in [0.15, 0.2) is 0 Å². The Kier molecular flexibility index (Phi) is 5.99. The fraction of sp³-hybridized carbons (Fsp3) is 0.857. The fourth-order valence-electron chi connectivity index (χ4n) is 0.609. The minimum atomic E-state index is -0.0206. The third-order valence-corrected chi connectivity index (χ3v) is 1.25. The summed E-state index contributed by atoms with van der Waals surface area (Å²) < 4.78 is 0. The molecule has 0 saturated carbocycles. The van der Waals surface area contributed by atoms with E-state index in [1.54, 1.807) is 0 Å². The van der Waals surface area contributed by atoms with Crippen LogP contribution in [0, 0.1) is 6.42 Å². The van der Waals surface area contributed by atoms with E-state index >= 15 is 0 Å². The molecule has 0 spiro atoms. The van der Waals surface area contributed by atoms with Crippen LogP contribution in [-0.2, 0) is 4.89 Å². The van der Waals surface area contributed by atoms with Crippen molar-refractivity contribution in [3.8, 4) is 0 Å². The molecule has 0 bridgehead atoms. The number of hydrogen-bond acceptors (Lipinski definition) is 2. The molecule has 1 radical (unpaired) electrons. The number of rotatable bonds is 5. The molecular weight excluding hydrogens is 116 g/mol. The van der Waals surface area contributed by atoms with Gasteiger partial charge in [0.15, 0.2) is 0 Å². The Hall–Kier alpha value is -0.0800. The smallest absolute Gasteiger partial charge is 0.0899 e. The Balaban J connectivity index is 2.88. The molecule has 0 aliphatic carbocycles. The Morgan fingerprint density at radius 1 is 1.67 bits per heavy atom. The molecule has 2 heteroatoms. The second-order valence-electron chi connectivity index (χ2n) is 2.19. The van der Waals surface area contributed by atoms with Crippen molar-refractivity contribution < 1.29 is 10.1 Å². The maximum Gasteiger partial charge on any atom is 0.0899 e. The highest BCUT2D eigenvalue weighted by molar-refractivity contribution is 4.62. The van der Waals surface area contributed by atoms with Crippen LogP contribution in [0.3, 0.4) is 0 Å². The number of unbranched alkanes of at least 4 members (excludes halogenated alkanes) is 2. The number of hydrogen-bond donors (Lipinski definition) is 1. The van der Waals surface area contributed by atoms with E-state index in [2.05, 4.69) is 18.2 Å². The SMILES string of the molecule is CC[CH]CCC(C)OO. The molecule has 9 heavy (non-hydrogen) atoms. The van der Waals surface area contributed by atoms with Gasteiger partial charge in [-0.15, -0.1) is 0 Å². The fourth-order valence-corrected chi connectivity index (χ4v) is 0.609. The average molecular weight is 131 g/mol. The molecule has 55 valence electrons. The zero-order valence-corrected chi connectivity index (χ0v) is 6.13. The maximum atomic E-state index is 8.12. The summed E-state index contributed by atoms with van der Waals surface area (Å²) in [5.74, 6) is 0. The van der Waals surface area contributed by atoms with Gasteiger partial charge in [-0.3, -0.25) is 5.26 Å². The van der Waals surface area contributed by atoms with E-state index in [1.807, 2.05) is 6.92 Å². The van der Waals surface area contributed by atoms with Crippen molar-refractivity contribution in [2.75, 3.05) is 0 Å². The molecule has 1 N–H and O–H groups in total. The highest BCUT2D eigenvalue weighted by atomic mass is 17.1. The van der Waals surface area contributed by atoms with Crippen LogP contribution < -0.4 is 0 Å². The molecular formula is C7H15O2.